The summed E-state index contributed by atoms with van der Waals surface area (Å²) in [5.41, 5.74) is 0. The molecule has 0 amide bonds. The van der Waals surface area contributed by atoms with E-state index in [0.717, 1.165) is 43.7 Å². The molecule has 5 nitrogen and oxygen atoms in total. The van der Waals surface area contributed by atoms with Crippen LogP contribution in [0.1, 0.15) is 36.3 Å². The van der Waals surface area contributed by atoms with E-state index in [4.69, 9.17) is 9.41 Å². The lowest BCUT2D eigenvalue weighted by atomic mass is 10.1. The van der Waals surface area contributed by atoms with Crippen LogP contribution in [0.5, 0.6) is 0 Å². The summed E-state index contributed by atoms with van der Waals surface area (Å²) in [5, 5.41) is 9.31. The van der Waals surface area contributed by atoms with Crippen molar-refractivity contribution < 1.29 is 4.42 Å². The monoisotopic (exact) mass is 386 g/mol. The molecule has 2 aromatic rings. The third-order valence-electron chi connectivity index (χ3n) is 5.39. The van der Waals surface area contributed by atoms with Crippen molar-refractivity contribution in [1.82, 2.24) is 15.5 Å². The molecule has 2 N–H and O–H groups in total. The van der Waals surface area contributed by atoms with Crippen LogP contribution < -0.4 is 10.6 Å². The van der Waals surface area contributed by atoms with Gasteiger partial charge in [0.25, 0.3) is 0 Å². The van der Waals surface area contributed by atoms with Gasteiger partial charge in [0.05, 0.1) is 6.26 Å². The lowest BCUT2D eigenvalue weighted by Gasteiger charge is -2.33. The van der Waals surface area contributed by atoms with Crippen LogP contribution in [0.4, 0.5) is 0 Å². The van der Waals surface area contributed by atoms with Crippen LogP contribution in [0.2, 0.25) is 0 Å². The summed E-state index contributed by atoms with van der Waals surface area (Å²) in [6.07, 6.45) is 8.84. The maximum Gasteiger partial charge on any atom is 0.191 e. The van der Waals surface area contributed by atoms with Crippen LogP contribution in [0, 0.1) is 0 Å². The third-order valence-corrected chi connectivity index (χ3v) is 6.32. The number of nitrogens with one attached hydrogen (secondary N) is 2. The molecule has 146 valence electrons. The lowest BCUT2D eigenvalue weighted by molar-refractivity contribution is 0.197. The van der Waals surface area contributed by atoms with Gasteiger partial charge in [0.2, 0.25) is 0 Å². The van der Waals surface area contributed by atoms with Gasteiger partial charge < -0.3 is 20.0 Å². The number of thiophene rings is 1. The van der Waals surface area contributed by atoms with E-state index in [1.54, 1.807) is 6.26 Å². The fraction of sp³-hybridized carbons (Fsp3) is 0.571. The molecule has 3 heterocycles. The first-order valence-electron chi connectivity index (χ1n) is 10.2. The van der Waals surface area contributed by atoms with E-state index in [1.807, 2.05) is 23.5 Å². The molecule has 2 aromatic heterocycles. The normalized spacial score (nSPS) is 19.3. The van der Waals surface area contributed by atoms with Gasteiger partial charge in [-0.2, -0.15) is 0 Å². The van der Waals surface area contributed by atoms with Crippen LogP contribution >= 0.6 is 11.3 Å². The van der Waals surface area contributed by atoms with Crippen LogP contribution in [0.3, 0.4) is 0 Å². The second kappa shape index (κ2) is 9.42. The molecule has 1 aliphatic carbocycles. The number of nitrogens with zero attached hydrogens (tertiary/aromatic N) is 2. The summed E-state index contributed by atoms with van der Waals surface area (Å²) in [5.74, 6) is 1.96. The zero-order valence-corrected chi connectivity index (χ0v) is 16.7. The van der Waals surface area contributed by atoms with Crippen molar-refractivity contribution in [2.45, 2.75) is 50.6 Å². The Hall–Kier alpha value is -1.79. The average molecular weight is 387 g/mol. The van der Waals surface area contributed by atoms with Gasteiger partial charge in [-0.05, 0) is 49.3 Å². The smallest absolute Gasteiger partial charge is 0.191 e. The van der Waals surface area contributed by atoms with Crippen molar-refractivity contribution in [3.8, 4) is 0 Å². The summed E-state index contributed by atoms with van der Waals surface area (Å²) >= 11 is 1.81. The molecule has 0 aromatic carbocycles. The van der Waals surface area contributed by atoms with Gasteiger partial charge in [-0.1, -0.05) is 6.07 Å². The van der Waals surface area contributed by atoms with Crippen LogP contribution in [-0.2, 0) is 12.8 Å². The molecule has 0 atom stereocenters. The molecule has 1 aliphatic heterocycles. The Bertz CT molecular complexity index is 686. The minimum absolute atomic E-state index is 0.525. The zero-order chi connectivity index (χ0) is 18.3. The van der Waals surface area contributed by atoms with Crippen LogP contribution in [0.25, 0.3) is 0 Å². The van der Waals surface area contributed by atoms with E-state index in [0.29, 0.717) is 6.04 Å². The highest BCUT2D eigenvalue weighted by Crippen LogP contribution is 2.29. The Morgan fingerprint density at radius 1 is 1.15 bits per heavy atom. The standard InChI is InChI=1S/C21H30N4OS/c1-3-19(26-15-1)7-11-22-21(23-12-8-20-4-2-16-27-20)24-17-9-13-25(14-10-17)18-5-6-18/h1-4,15-18H,5-14H2,(H2,22,23,24). The van der Waals surface area contributed by atoms with E-state index in [9.17, 15) is 0 Å². The molecule has 4 rings (SSSR count). The van der Waals surface area contributed by atoms with Crippen molar-refractivity contribution in [3.05, 3.63) is 46.5 Å². The van der Waals surface area contributed by atoms with Gasteiger partial charge in [0.15, 0.2) is 5.96 Å². The summed E-state index contributed by atoms with van der Waals surface area (Å²) in [6, 6.07) is 9.67. The van der Waals surface area contributed by atoms with Gasteiger partial charge >= 0.3 is 0 Å². The fourth-order valence-corrected chi connectivity index (χ4v) is 4.38. The highest BCUT2D eigenvalue weighted by atomic mass is 32.1. The summed E-state index contributed by atoms with van der Waals surface area (Å²) < 4.78 is 5.43. The highest BCUT2D eigenvalue weighted by Gasteiger charge is 2.31. The Morgan fingerprint density at radius 3 is 2.74 bits per heavy atom. The molecule has 2 aliphatic rings. The maximum absolute atomic E-state index is 5.43. The first kappa shape index (κ1) is 18.6. The molecule has 27 heavy (non-hydrogen) atoms. The number of hydrogen-bond donors (Lipinski definition) is 2. The second-order valence-corrected chi connectivity index (χ2v) is 8.53. The predicted octanol–water partition coefficient (Wildman–Crippen LogP) is 3.29. The molecule has 0 spiro atoms. The first-order chi connectivity index (χ1) is 13.4. The van der Waals surface area contributed by atoms with E-state index in [1.165, 1.54) is 43.6 Å². The zero-order valence-electron chi connectivity index (χ0n) is 15.9. The van der Waals surface area contributed by atoms with Gasteiger partial charge in [-0.15, -0.1) is 11.3 Å². The van der Waals surface area contributed by atoms with Crippen molar-refractivity contribution >= 4 is 17.3 Å². The molecule has 0 unspecified atom stereocenters. The van der Waals surface area contributed by atoms with Crippen molar-refractivity contribution in [3.63, 3.8) is 0 Å². The Balaban J connectivity index is 1.27. The van der Waals surface area contributed by atoms with Crippen molar-refractivity contribution in [2.75, 3.05) is 26.2 Å². The molecule has 2 fully saturated rings. The molecule has 1 saturated heterocycles. The quantitative estimate of drug-likeness (QED) is 0.540. The summed E-state index contributed by atoms with van der Waals surface area (Å²) in [4.78, 5) is 8.89. The Morgan fingerprint density at radius 2 is 2.04 bits per heavy atom. The average Bonchev–Trinajstić information content (AvgIpc) is 3.16. The number of rotatable bonds is 8. The van der Waals surface area contributed by atoms with Gasteiger partial charge in [0, 0.05) is 56.0 Å². The molecular weight excluding hydrogens is 356 g/mol. The maximum atomic E-state index is 5.43. The van der Waals surface area contributed by atoms with E-state index in [2.05, 4.69) is 33.0 Å². The number of furan rings is 1. The van der Waals surface area contributed by atoms with E-state index >= 15 is 0 Å². The minimum Gasteiger partial charge on any atom is -0.469 e. The lowest BCUT2D eigenvalue weighted by Crippen LogP contribution is -2.49. The molecule has 0 radical (unpaired) electrons. The van der Waals surface area contributed by atoms with Gasteiger partial charge in [-0.25, -0.2) is 0 Å². The molecule has 6 heteroatoms. The number of guanidine groups is 1. The van der Waals surface area contributed by atoms with Crippen LogP contribution in [0.15, 0.2) is 45.3 Å². The topological polar surface area (TPSA) is 52.8 Å². The largest absolute Gasteiger partial charge is 0.469 e. The SMILES string of the molecule is c1coc(CCNC(=NCCc2cccs2)NC2CCN(C3CC3)CC2)c1. The van der Waals surface area contributed by atoms with Gasteiger partial charge in [0.1, 0.15) is 5.76 Å². The number of hydrogen-bond acceptors (Lipinski definition) is 4. The highest BCUT2D eigenvalue weighted by molar-refractivity contribution is 7.09. The van der Waals surface area contributed by atoms with Crippen molar-refractivity contribution in [1.29, 1.82) is 0 Å². The third kappa shape index (κ3) is 5.84. The number of aliphatic imine (C=N–C) groups is 1. The number of likely N-dealkylation sites (tertiary alicyclic amines) is 1. The molecular formula is C21H30N4OS. The molecule has 1 saturated carbocycles. The Labute approximate surface area is 165 Å². The minimum atomic E-state index is 0.525. The predicted molar refractivity (Wildman–Crippen MR) is 111 cm³/mol. The van der Waals surface area contributed by atoms with E-state index < -0.39 is 0 Å². The summed E-state index contributed by atoms with van der Waals surface area (Å²) in [7, 11) is 0. The van der Waals surface area contributed by atoms with Crippen LogP contribution in [-0.4, -0.2) is 49.1 Å². The molecule has 0 bridgehead atoms. The van der Waals surface area contributed by atoms with E-state index in [-0.39, 0.29) is 0 Å². The first-order valence-corrected chi connectivity index (χ1v) is 11.1. The Kier molecular flexibility index (Phi) is 6.48. The fourth-order valence-electron chi connectivity index (χ4n) is 3.69. The second-order valence-electron chi connectivity index (χ2n) is 7.50. The summed E-state index contributed by atoms with van der Waals surface area (Å²) in [6.45, 7) is 4.09. The van der Waals surface area contributed by atoms with Crippen molar-refractivity contribution in [2.24, 2.45) is 4.99 Å². The van der Waals surface area contributed by atoms with Gasteiger partial charge in [-0.3, -0.25) is 4.99 Å². The number of piperidine rings is 1.